The number of aromatic nitrogens is 2. The normalized spacial score (nSPS) is 12.9. The van der Waals surface area contributed by atoms with Crippen molar-refractivity contribution >= 4 is 11.6 Å². The van der Waals surface area contributed by atoms with Gasteiger partial charge in [0, 0.05) is 28.8 Å². The molecule has 8 heteroatoms. The lowest BCUT2D eigenvalue weighted by atomic mass is 9.94. The molecule has 4 aromatic rings. The van der Waals surface area contributed by atoms with Crippen molar-refractivity contribution < 1.29 is 22.4 Å². The van der Waals surface area contributed by atoms with E-state index in [0.717, 1.165) is 0 Å². The van der Waals surface area contributed by atoms with Gasteiger partial charge in [0.1, 0.15) is 5.76 Å². The molecule has 0 bridgehead atoms. The minimum absolute atomic E-state index is 0.160. The minimum Gasteiger partial charge on any atom is -0.469 e. The van der Waals surface area contributed by atoms with E-state index in [1.165, 1.54) is 10.9 Å². The molecular weight excluding hydrogens is 407 g/mol. The molecule has 2 aromatic heterocycles. The van der Waals surface area contributed by atoms with Crippen molar-refractivity contribution in [2.24, 2.45) is 0 Å². The van der Waals surface area contributed by atoms with Crippen LogP contribution in [0.4, 0.5) is 18.9 Å². The Morgan fingerprint density at radius 2 is 1.74 bits per heavy atom. The summed E-state index contributed by atoms with van der Waals surface area (Å²) in [7, 11) is 0. The van der Waals surface area contributed by atoms with Gasteiger partial charge in [-0.25, -0.2) is 4.68 Å². The van der Waals surface area contributed by atoms with Gasteiger partial charge < -0.3 is 9.73 Å². The van der Waals surface area contributed by atoms with Crippen molar-refractivity contribution in [2.75, 3.05) is 5.32 Å². The van der Waals surface area contributed by atoms with E-state index in [-0.39, 0.29) is 17.9 Å². The first-order valence-corrected chi connectivity index (χ1v) is 9.64. The Morgan fingerprint density at radius 1 is 1.00 bits per heavy atom. The molecule has 0 saturated heterocycles. The molecule has 0 aliphatic heterocycles. The fourth-order valence-corrected chi connectivity index (χ4v) is 3.84. The van der Waals surface area contributed by atoms with Crippen LogP contribution in [0.5, 0.6) is 0 Å². The number of carbonyl (C=O) groups excluding carboxylic acids is 1. The van der Waals surface area contributed by atoms with Gasteiger partial charge in [-0.1, -0.05) is 18.2 Å². The molecule has 5 nitrogen and oxygen atoms in total. The van der Waals surface area contributed by atoms with Gasteiger partial charge in [-0.05, 0) is 48.9 Å². The molecule has 31 heavy (non-hydrogen) atoms. The zero-order valence-electron chi connectivity index (χ0n) is 16.1. The van der Waals surface area contributed by atoms with Crippen molar-refractivity contribution in [1.29, 1.82) is 0 Å². The summed E-state index contributed by atoms with van der Waals surface area (Å²) in [5, 5.41) is 6.68. The molecular formula is C23H16F3N3O2. The van der Waals surface area contributed by atoms with Crippen LogP contribution in [0.1, 0.15) is 27.4 Å². The van der Waals surface area contributed by atoms with Crippen LogP contribution in [0.2, 0.25) is 0 Å². The molecule has 0 atom stereocenters. The van der Waals surface area contributed by atoms with Gasteiger partial charge in [0.05, 0.1) is 17.6 Å². The van der Waals surface area contributed by atoms with Crippen LogP contribution in [0.25, 0.3) is 16.9 Å². The van der Waals surface area contributed by atoms with E-state index in [4.69, 9.17) is 4.42 Å². The first-order valence-electron chi connectivity index (χ1n) is 9.64. The van der Waals surface area contributed by atoms with Gasteiger partial charge >= 0.3 is 6.18 Å². The number of fused-ring (bicyclic) bond motifs is 3. The van der Waals surface area contributed by atoms with Crippen LogP contribution < -0.4 is 5.32 Å². The van der Waals surface area contributed by atoms with E-state index >= 15 is 0 Å². The van der Waals surface area contributed by atoms with Gasteiger partial charge in [-0.15, -0.1) is 0 Å². The topological polar surface area (TPSA) is 60.1 Å². The van der Waals surface area contributed by atoms with E-state index in [9.17, 15) is 18.0 Å². The number of rotatable bonds is 3. The predicted molar refractivity (Wildman–Crippen MR) is 108 cm³/mol. The highest BCUT2D eigenvalue weighted by Crippen LogP contribution is 2.42. The molecule has 0 saturated carbocycles. The summed E-state index contributed by atoms with van der Waals surface area (Å²) in [6.07, 6.45) is -2.50. The molecule has 1 aliphatic rings. The summed E-state index contributed by atoms with van der Waals surface area (Å²) in [5.41, 5.74) is 1.72. The second-order valence-electron chi connectivity index (χ2n) is 7.21. The Labute approximate surface area is 175 Å². The van der Waals surface area contributed by atoms with Crippen LogP contribution in [-0.4, -0.2) is 15.7 Å². The number of benzene rings is 2. The largest absolute Gasteiger partial charge is 0.469 e. The molecule has 156 valence electrons. The van der Waals surface area contributed by atoms with Crippen LogP contribution in [0.3, 0.4) is 0 Å². The SMILES string of the molecule is O=C(Nc1ccccc1)c1ccc(-n2nc(C(F)(F)F)c3c2-c2ccoc2CC3)cc1. The molecule has 5 rings (SSSR count). The maximum atomic E-state index is 13.6. The fourth-order valence-electron chi connectivity index (χ4n) is 3.84. The van der Waals surface area contributed by atoms with Crippen molar-refractivity contribution in [2.45, 2.75) is 19.0 Å². The lowest BCUT2D eigenvalue weighted by Gasteiger charge is -2.15. The number of carbonyl (C=O) groups is 1. The second-order valence-corrected chi connectivity index (χ2v) is 7.21. The van der Waals surface area contributed by atoms with Crippen molar-refractivity contribution in [3.63, 3.8) is 0 Å². The number of halogens is 3. The van der Waals surface area contributed by atoms with Crippen LogP contribution >= 0.6 is 0 Å². The maximum Gasteiger partial charge on any atom is 0.435 e. The van der Waals surface area contributed by atoms with Crippen molar-refractivity contribution in [3.05, 3.63) is 89.5 Å². The van der Waals surface area contributed by atoms with E-state index in [0.29, 0.717) is 40.4 Å². The number of alkyl halides is 3. The summed E-state index contributed by atoms with van der Waals surface area (Å²) in [5.74, 6) is 0.328. The van der Waals surface area contributed by atoms with Crippen molar-refractivity contribution in [3.8, 4) is 16.9 Å². The number of aryl methyl sites for hydroxylation is 1. The molecule has 2 heterocycles. The number of nitrogens with zero attached hydrogens (tertiary/aromatic N) is 2. The quantitative estimate of drug-likeness (QED) is 0.473. The first-order chi connectivity index (χ1) is 14.9. The Hall–Kier alpha value is -3.81. The molecule has 1 amide bonds. The van der Waals surface area contributed by atoms with E-state index in [1.54, 1.807) is 42.5 Å². The van der Waals surface area contributed by atoms with Crippen LogP contribution in [0, 0.1) is 0 Å². The molecule has 0 unspecified atom stereocenters. The lowest BCUT2D eigenvalue weighted by Crippen LogP contribution is -2.12. The Kier molecular flexibility index (Phi) is 4.43. The zero-order valence-corrected chi connectivity index (χ0v) is 16.1. The van der Waals surface area contributed by atoms with Gasteiger partial charge in [0.2, 0.25) is 0 Å². The predicted octanol–water partition coefficient (Wildman–Crippen LogP) is 5.50. The van der Waals surface area contributed by atoms with Gasteiger partial charge in [0.15, 0.2) is 5.69 Å². The highest BCUT2D eigenvalue weighted by Gasteiger charge is 2.41. The highest BCUT2D eigenvalue weighted by molar-refractivity contribution is 6.04. The van der Waals surface area contributed by atoms with Crippen LogP contribution in [-0.2, 0) is 19.0 Å². The first kappa shape index (κ1) is 19.2. The van der Waals surface area contributed by atoms with Crippen LogP contribution in [0.15, 0.2) is 71.3 Å². The third kappa shape index (κ3) is 3.39. The third-order valence-electron chi connectivity index (χ3n) is 5.26. The maximum absolute atomic E-state index is 13.6. The number of nitrogens with one attached hydrogen (secondary N) is 1. The van der Waals surface area contributed by atoms with E-state index in [1.807, 2.05) is 18.2 Å². The van der Waals surface area contributed by atoms with Gasteiger partial charge in [0.25, 0.3) is 5.91 Å². The number of para-hydroxylation sites is 1. The molecule has 2 aromatic carbocycles. The second kappa shape index (κ2) is 7.16. The molecule has 1 N–H and O–H groups in total. The standard InChI is InChI=1S/C23H16F3N3O2/c24-23(25,26)21-18-10-11-19-17(12-13-31-19)20(18)29(28-21)16-8-6-14(7-9-16)22(30)27-15-4-2-1-3-5-15/h1-9,12-13H,10-11H2,(H,27,30). The monoisotopic (exact) mass is 423 g/mol. The molecule has 0 spiro atoms. The summed E-state index contributed by atoms with van der Waals surface area (Å²) in [6.45, 7) is 0. The third-order valence-corrected chi connectivity index (χ3v) is 5.26. The summed E-state index contributed by atoms with van der Waals surface area (Å²) < 4.78 is 47.6. The Morgan fingerprint density at radius 3 is 2.45 bits per heavy atom. The van der Waals surface area contributed by atoms with E-state index < -0.39 is 11.9 Å². The fraction of sp³-hybridized carbons (Fsp3) is 0.130. The Balaban J connectivity index is 1.53. The average molecular weight is 423 g/mol. The zero-order chi connectivity index (χ0) is 21.6. The van der Waals surface area contributed by atoms with Gasteiger partial charge in [-0.2, -0.15) is 18.3 Å². The van der Waals surface area contributed by atoms with E-state index in [2.05, 4.69) is 10.4 Å². The average Bonchev–Trinajstić information content (AvgIpc) is 3.38. The number of furan rings is 1. The summed E-state index contributed by atoms with van der Waals surface area (Å²) in [6, 6.07) is 16.9. The number of anilines is 1. The molecule has 1 aliphatic carbocycles. The van der Waals surface area contributed by atoms with Gasteiger partial charge in [-0.3, -0.25) is 4.79 Å². The highest BCUT2D eigenvalue weighted by atomic mass is 19.4. The molecule has 0 radical (unpaired) electrons. The minimum atomic E-state index is -4.56. The number of hydrogen-bond acceptors (Lipinski definition) is 3. The summed E-state index contributed by atoms with van der Waals surface area (Å²) >= 11 is 0. The summed E-state index contributed by atoms with van der Waals surface area (Å²) in [4.78, 5) is 12.5. The number of amides is 1. The molecule has 0 fully saturated rings. The number of hydrogen-bond donors (Lipinski definition) is 1. The Bertz CT molecular complexity index is 1260. The lowest BCUT2D eigenvalue weighted by molar-refractivity contribution is -0.142. The van der Waals surface area contributed by atoms with Crippen molar-refractivity contribution in [1.82, 2.24) is 9.78 Å². The smallest absolute Gasteiger partial charge is 0.435 e.